The molecule has 0 bridgehead atoms. The van der Waals surface area contributed by atoms with Gasteiger partial charge in [0.05, 0.1) is 6.61 Å². The maximum atomic E-state index is 14.3. The van der Waals surface area contributed by atoms with Crippen LogP contribution in [0.2, 0.25) is 0 Å². The largest absolute Gasteiger partial charge is 0.370 e. The Morgan fingerprint density at radius 1 is 1.21 bits per heavy atom. The van der Waals surface area contributed by atoms with Gasteiger partial charge in [-0.15, -0.1) is 0 Å². The highest BCUT2D eigenvalue weighted by atomic mass is 19.1. The van der Waals surface area contributed by atoms with Gasteiger partial charge >= 0.3 is 0 Å². The maximum Gasteiger partial charge on any atom is 0.129 e. The molecule has 156 valence electrons. The van der Waals surface area contributed by atoms with Gasteiger partial charge in [0, 0.05) is 36.8 Å². The van der Waals surface area contributed by atoms with Crippen LogP contribution in [0.1, 0.15) is 50.3 Å². The van der Waals surface area contributed by atoms with Crippen LogP contribution >= 0.6 is 0 Å². The molecule has 28 heavy (non-hydrogen) atoms. The van der Waals surface area contributed by atoms with Crippen LogP contribution in [-0.2, 0) is 4.74 Å². The number of fused-ring (bicyclic) bond motifs is 1. The summed E-state index contributed by atoms with van der Waals surface area (Å²) in [5, 5.41) is 3.75. The fourth-order valence-electron chi connectivity index (χ4n) is 5.50. The molecule has 1 aromatic rings. The van der Waals surface area contributed by atoms with Gasteiger partial charge in [-0.25, -0.2) is 4.39 Å². The minimum Gasteiger partial charge on any atom is -0.370 e. The third-order valence-corrected chi connectivity index (χ3v) is 6.97. The minimum atomic E-state index is -0.331. The number of halogens is 1. The number of hydrogen-bond acceptors (Lipinski definition) is 4. The van der Waals surface area contributed by atoms with Crippen LogP contribution in [0.5, 0.6) is 0 Å². The van der Waals surface area contributed by atoms with E-state index >= 15 is 0 Å². The topological polar surface area (TPSA) is 50.5 Å². The Kier molecular flexibility index (Phi) is 6.07. The van der Waals surface area contributed by atoms with Crippen molar-refractivity contribution >= 4 is 0 Å². The summed E-state index contributed by atoms with van der Waals surface area (Å²) in [5.41, 5.74) is 8.12. The molecule has 4 unspecified atom stereocenters. The molecule has 5 atom stereocenters. The normalized spacial score (nSPS) is 36.2. The number of nitrogens with one attached hydrogen (secondary N) is 1. The Hall–Kier alpha value is -1.01. The van der Waals surface area contributed by atoms with Crippen molar-refractivity contribution in [2.45, 2.75) is 64.3 Å². The van der Waals surface area contributed by atoms with E-state index < -0.39 is 0 Å². The van der Waals surface area contributed by atoms with Gasteiger partial charge in [-0.3, -0.25) is 4.90 Å². The number of nitrogens with zero attached hydrogens (tertiary/aromatic N) is 1. The zero-order valence-corrected chi connectivity index (χ0v) is 17.5. The van der Waals surface area contributed by atoms with E-state index in [1.54, 1.807) is 6.07 Å². The Balaban J connectivity index is 1.31. The van der Waals surface area contributed by atoms with E-state index in [1.807, 2.05) is 13.0 Å². The molecule has 3 fully saturated rings. The molecule has 0 aromatic heterocycles. The van der Waals surface area contributed by atoms with Gasteiger partial charge in [-0.1, -0.05) is 31.5 Å². The monoisotopic (exact) mass is 389 g/mol. The lowest BCUT2D eigenvalue weighted by atomic mass is 9.92. The van der Waals surface area contributed by atoms with Gasteiger partial charge in [0.1, 0.15) is 11.9 Å². The molecule has 4 nitrogen and oxygen atoms in total. The summed E-state index contributed by atoms with van der Waals surface area (Å²) in [6.07, 6.45) is 3.14. The lowest BCUT2D eigenvalue weighted by Gasteiger charge is -2.39. The first-order valence-electron chi connectivity index (χ1n) is 11.0. The molecule has 2 aliphatic heterocycles. The number of rotatable bonds is 5. The van der Waals surface area contributed by atoms with Crippen molar-refractivity contribution in [1.29, 1.82) is 0 Å². The second kappa shape index (κ2) is 8.39. The number of aryl methyl sites for hydroxylation is 1. The van der Waals surface area contributed by atoms with Crippen LogP contribution in [0.4, 0.5) is 4.39 Å². The number of benzene rings is 1. The second-order valence-electron chi connectivity index (χ2n) is 9.78. The fourth-order valence-corrected chi connectivity index (χ4v) is 5.50. The van der Waals surface area contributed by atoms with Gasteiger partial charge in [-0.2, -0.15) is 0 Å². The predicted octanol–water partition coefficient (Wildman–Crippen LogP) is 3.25. The Bertz CT molecular complexity index is 668. The maximum absolute atomic E-state index is 14.3. The molecule has 2 saturated heterocycles. The van der Waals surface area contributed by atoms with Crippen molar-refractivity contribution in [3.63, 3.8) is 0 Å². The van der Waals surface area contributed by atoms with Crippen molar-refractivity contribution in [2.75, 3.05) is 26.2 Å². The van der Waals surface area contributed by atoms with Gasteiger partial charge in [0.15, 0.2) is 0 Å². The highest BCUT2D eigenvalue weighted by molar-refractivity contribution is 5.27. The Morgan fingerprint density at radius 3 is 2.57 bits per heavy atom. The summed E-state index contributed by atoms with van der Waals surface area (Å²) >= 11 is 0. The number of likely N-dealkylation sites (tertiary alicyclic amines) is 1. The molecule has 3 aliphatic rings. The first-order valence-corrected chi connectivity index (χ1v) is 11.0. The Morgan fingerprint density at radius 2 is 1.93 bits per heavy atom. The van der Waals surface area contributed by atoms with Crippen LogP contribution in [-0.4, -0.2) is 49.3 Å². The average molecular weight is 390 g/mol. The molecule has 3 N–H and O–H groups in total. The van der Waals surface area contributed by atoms with Gasteiger partial charge in [-0.05, 0) is 56.6 Å². The summed E-state index contributed by atoms with van der Waals surface area (Å²) in [4.78, 5) is 2.59. The summed E-state index contributed by atoms with van der Waals surface area (Å²) in [7, 11) is 0. The van der Waals surface area contributed by atoms with E-state index in [0.29, 0.717) is 30.2 Å². The third kappa shape index (κ3) is 4.28. The van der Waals surface area contributed by atoms with Crippen molar-refractivity contribution in [2.24, 2.45) is 23.5 Å². The zero-order valence-electron chi connectivity index (χ0n) is 17.5. The highest BCUT2D eigenvalue weighted by Crippen LogP contribution is 2.41. The number of nitrogens with two attached hydrogens (primary N) is 1. The second-order valence-corrected chi connectivity index (χ2v) is 9.78. The minimum absolute atomic E-state index is 0.157. The third-order valence-electron chi connectivity index (χ3n) is 6.97. The van der Waals surface area contributed by atoms with Gasteiger partial charge in [0.25, 0.3) is 0 Å². The summed E-state index contributed by atoms with van der Waals surface area (Å²) < 4.78 is 20.4. The number of ether oxygens (including phenoxy) is 1. The zero-order chi connectivity index (χ0) is 19.8. The predicted molar refractivity (Wildman–Crippen MR) is 111 cm³/mol. The first-order chi connectivity index (χ1) is 13.4. The van der Waals surface area contributed by atoms with Crippen LogP contribution in [0, 0.1) is 30.5 Å². The van der Waals surface area contributed by atoms with Crippen molar-refractivity contribution < 1.29 is 9.13 Å². The standard InChI is InChI=1S/C23H36FN3O/c1-14(2)10-26-18-7-16-11-27(12-17(16)8-18)19-9-22(25)23(28-13-19)20-6-15(3)4-5-21(20)24/h4-6,14,16-19,22-23,26H,7-13,25H2,1-3H3/t16?,17?,18?,19?,22?,23-/m1/s1. The van der Waals surface area contributed by atoms with Crippen molar-refractivity contribution in [3.05, 3.63) is 35.1 Å². The summed E-state index contributed by atoms with van der Waals surface area (Å²) in [6.45, 7) is 10.6. The molecule has 4 rings (SSSR count). The quantitative estimate of drug-likeness (QED) is 0.812. The van der Waals surface area contributed by atoms with E-state index in [9.17, 15) is 4.39 Å². The SMILES string of the molecule is Cc1ccc(F)c([C@H]2OCC(N3CC4CC(NCC(C)C)CC4C3)CC2N)c1. The lowest BCUT2D eigenvalue weighted by molar-refractivity contribution is -0.0484. The summed E-state index contributed by atoms with van der Waals surface area (Å²) in [5.74, 6) is 2.10. The van der Waals surface area contributed by atoms with E-state index in [4.69, 9.17) is 10.5 Å². The molecule has 0 amide bonds. The van der Waals surface area contributed by atoms with Crippen LogP contribution in [0.15, 0.2) is 18.2 Å². The smallest absolute Gasteiger partial charge is 0.129 e. The highest BCUT2D eigenvalue weighted by Gasteiger charge is 2.44. The molecule has 0 radical (unpaired) electrons. The van der Waals surface area contributed by atoms with E-state index in [2.05, 4.69) is 24.1 Å². The molecule has 1 aromatic carbocycles. The van der Waals surface area contributed by atoms with Crippen LogP contribution in [0.3, 0.4) is 0 Å². The van der Waals surface area contributed by atoms with Crippen molar-refractivity contribution in [3.8, 4) is 0 Å². The molecule has 5 heteroatoms. The molecule has 2 heterocycles. The summed E-state index contributed by atoms with van der Waals surface area (Å²) in [6, 6.07) is 6.10. The molecular weight excluding hydrogens is 353 g/mol. The van der Waals surface area contributed by atoms with Crippen molar-refractivity contribution in [1.82, 2.24) is 10.2 Å². The molecule has 0 spiro atoms. The van der Waals surface area contributed by atoms with E-state index in [0.717, 1.165) is 43.5 Å². The van der Waals surface area contributed by atoms with Crippen LogP contribution in [0.25, 0.3) is 0 Å². The average Bonchev–Trinajstić information content (AvgIpc) is 3.21. The first kappa shape index (κ1) is 20.3. The molecule has 1 saturated carbocycles. The van der Waals surface area contributed by atoms with Crippen LogP contribution < -0.4 is 11.1 Å². The van der Waals surface area contributed by atoms with E-state index in [-0.39, 0.29) is 18.0 Å². The van der Waals surface area contributed by atoms with E-state index in [1.165, 1.54) is 18.9 Å². The van der Waals surface area contributed by atoms with Gasteiger partial charge < -0.3 is 15.8 Å². The number of hydrogen-bond donors (Lipinski definition) is 2. The molecular formula is C23H36FN3O. The lowest BCUT2D eigenvalue weighted by Crippen LogP contribution is -2.49. The fraction of sp³-hybridized carbons (Fsp3) is 0.739. The Labute approximate surface area is 169 Å². The molecule has 1 aliphatic carbocycles. The van der Waals surface area contributed by atoms with Gasteiger partial charge in [0.2, 0.25) is 0 Å².